The van der Waals surface area contributed by atoms with E-state index in [-0.39, 0.29) is 36.0 Å². The van der Waals surface area contributed by atoms with E-state index in [1.165, 1.54) is 17.1 Å². The van der Waals surface area contributed by atoms with E-state index >= 15 is 0 Å². The number of rotatable bonds is 13. The van der Waals surface area contributed by atoms with Crippen molar-refractivity contribution in [1.82, 2.24) is 15.5 Å². The number of alkyl halides is 1. The fraction of sp³-hybridized carbons (Fsp3) is 0.480. The molecule has 0 bridgehead atoms. The van der Waals surface area contributed by atoms with E-state index < -0.39 is 18.0 Å². The van der Waals surface area contributed by atoms with Crippen molar-refractivity contribution in [3.8, 4) is 0 Å². The van der Waals surface area contributed by atoms with Gasteiger partial charge in [-0.25, -0.2) is 0 Å². The molecule has 2 atom stereocenters. The lowest BCUT2D eigenvalue weighted by atomic mass is 10.0. The van der Waals surface area contributed by atoms with Crippen molar-refractivity contribution < 1.29 is 24.0 Å². The average molecular weight is 549 g/mol. The van der Waals surface area contributed by atoms with E-state index in [2.05, 4.69) is 31.9 Å². The Bertz CT molecular complexity index is 943. The van der Waals surface area contributed by atoms with Gasteiger partial charge in [0, 0.05) is 36.1 Å². The van der Waals surface area contributed by atoms with E-state index in [1.807, 2.05) is 26.0 Å². The van der Waals surface area contributed by atoms with Crippen molar-refractivity contribution in [2.45, 2.75) is 63.9 Å². The minimum Gasteiger partial charge on any atom is -0.344 e. The van der Waals surface area contributed by atoms with Gasteiger partial charge in [-0.05, 0) is 43.4 Å². The maximum atomic E-state index is 12.8. The summed E-state index contributed by atoms with van der Waals surface area (Å²) in [5.74, 6) is -1.85. The Morgan fingerprint density at radius 3 is 2.09 bits per heavy atom. The molecule has 0 aromatic heterocycles. The summed E-state index contributed by atoms with van der Waals surface area (Å²) in [7, 11) is 0. The van der Waals surface area contributed by atoms with Gasteiger partial charge in [0.1, 0.15) is 12.1 Å². The minimum absolute atomic E-state index is 0.175. The van der Waals surface area contributed by atoms with Gasteiger partial charge in [0.05, 0.1) is 0 Å². The molecular formula is C25H33BrN4O5. The zero-order chi connectivity index (χ0) is 26.0. The monoisotopic (exact) mass is 548 g/mol. The Hall–Kier alpha value is -3.01. The molecule has 0 saturated heterocycles. The lowest BCUT2D eigenvalue weighted by molar-refractivity contribution is -0.137. The number of hydrogen-bond acceptors (Lipinski definition) is 5. The highest BCUT2D eigenvalue weighted by atomic mass is 79.9. The standard InChI is InChI=1S/C25H33BrN4O5/c1-16(2)23(29-20(31)7-5-4-6-14-30-21(32)12-13-22(30)33)25(35)27-17(3)24(34)28-19-10-8-18(15-26)9-11-19/h8-13,16-17,23H,4-7,14-15H2,1-3H3,(H,27,35)(H,28,34)(H,29,31)/t17-,23-/m0/s1. The molecule has 1 aliphatic heterocycles. The van der Waals surface area contributed by atoms with Gasteiger partial charge < -0.3 is 16.0 Å². The van der Waals surface area contributed by atoms with Crippen LogP contribution in [0.3, 0.4) is 0 Å². The third kappa shape index (κ3) is 8.93. The summed E-state index contributed by atoms with van der Waals surface area (Å²) in [5, 5.41) is 8.91. The molecule has 1 aromatic carbocycles. The van der Waals surface area contributed by atoms with Gasteiger partial charge in [0.15, 0.2) is 0 Å². The highest BCUT2D eigenvalue weighted by Crippen LogP contribution is 2.13. The molecule has 2 rings (SSSR count). The highest BCUT2D eigenvalue weighted by molar-refractivity contribution is 9.08. The smallest absolute Gasteiger partial charge is 0.253 e. The second-order valence-electron chi connectivity index (χ2n) is 8.81. The van der Waals surface area contributed by atoms with Gasteiger partial charge in [0.25, 0.3) is 11.8 Å². The molecule has 0 saturated carbocycles. The molecule has 0 aliphatic carbocycles. The van der Waals surface area contributed by atoms with E-state index in [1.54, 1.807) is 19.1 Å². The molecule has 1 aromatic rings. The van der Waals surface area contributed by atoms with Crippen LogP contribution < -0.4 is 16.0 Å². The fourth-order valence-electron chi connectivity index (χ4n) is 3.46. The number of amides is 5. The molecular weight excluding hydrogens is 516 g/mol. The Balaban J connectivity index is 1.75. The molecule has 0 radical (unpaired) electrons. The Labute approximate surface area is 214 Å². The number of carbonyl (C=O) groups excluding carboxylic acids is 5. The quantitative estimate of drug-likeness (QED) is 0.198. The summed E-state index contributed by atoms with van der Waals surface area (Å²) in [6.45, 7) is 5.55. The summed E-state index contributed by atoms with van der Waals surface area (Å²) in [4.78, 5) is 61.9. The number of nitrogens with one attached hydrogen (secondary N) is 3. The number of imide groups is 1. The van der Waals surface area contributed by atoms with Gasteiger partial charge >= 0.3 is 0 Å². The van der Waals surface area contributed by atoms with Crippen LogP contribution in [0.25, 0.3) is 0 Å². The van der Waals surface area contributed by atoms with Crippen molar-refractivity contribution in [3.05, 3.63) is 42.0 Å². The number of halogens is 1. The number of anilines is 1. The second kappa shape index (κ2) is 13.8. The third-order valence-electron chi connectivity index (χ3n) is 5.58. The van der Waals surface area contributed by atoms with Crippen LogP contribution >= 0.6 is 15.9 Å². The zero-order valence-electron chi connectivity index (χ0n) is 20.3. The molecule has 190 valence electrons. The minimum atomic E-state index is -0.790. The van der Waals surface area contributed by atoms with Crippen molar-refractivity contribution in [3.63, 3.8) is 0 Å². The number of nitrogens with zero attached hydrogens (tertiary/aromatic N) is 1. The number of carbonyl (C=O) groups is 5. The van der Waals surface area contributed by atoms with Crippen LogP contribution in [0.1, 0.15) is 52.0 Å². The van der Waals surface area contributed by atoms with E-state index in [0.29, 0.717) is 36.8 Å². The first kappa shape index (κ1) is 28.2. The maximum Gasteiger partial charge on any atom is 0.253 e. The molecule has 0 spiro atoms. The normalized spacial score (nSPS) is 14.7. The highest BCUT2D eigenvalue weighted by Gasteiger charge is 2.27. The molecule has 0 unspecified atom stereocenters. The van der Waals surface area contributed by atoms with Gasteiger partial charge in [-0.3, -0.25) is 28.9 Å². The van der Waals surface area contributed by atoms with Crippen LogP contribution in [0, 0.1) is 5.92 Å². The number of hydrogen-bond donors (Lipinski definition) is 3. The lowest BCUT2D eigenvalue weighted by Crippen LogP contribution is -2.53. The molecule has 10 heteroatoms. The van der Waals surface area contributed by atoms with Crippen LogP contribution in [0.15, 0.2) is 36.4 Å². The molecule has 9 nitrogen and oxygen atoms in total. The van der Waals surface area contributed by atoms with Crippen molar-refractivity contribution >= 4 is 51.2 Å². The predicted molar refractivity (Wildman–Crippen MR) is 136 cm³/mol. The van der Waals surface area contributed by atoms with Gasteiger partial charge in [-0.2, -0.15) is 0 Å². The number of benzene rings is 1. The first-order valence-electron chi connectivity index (χ1n) is 11.7. The Morgan fingerprint density at radius 2 is 1.51 bits per heavy atom. The topological polar surface area (TPSA) is 125 Å². The average Bonchev–Trinajstić information content (AvgIpc) is 3.14. The first-order chi connectivity index (χ1) is 16.6. The summed E-state index contributed by atoms with van der Waals surface area (Å²) in [6, 6.07) is 5.79. The van der Waals surface area contributed by atoms with Crippen LogP contribution in [-0.2, 0) is 29.3 Å². The number of unbranched alkanes of at least 4 members (excludes halogenated alkanes) is 2. The fourth-order valence-corrected chi connectivity index (χ4v) is 3.83. The zero-order valence-corrected chi connectivity index (χ0v) is 21.9. The summed E-state index contributed by atoms with van der Waals surface area (Å²) >= 11 is 3.37. The van der Waals surface area contributed by atoms with Gasteiger partial charge in [-0.1, -0.05) is 48.3 Å². The van der Waals surface area contributed by atoms with Crippen molar-refractivity contribution in [2.75, 3.05) is 11.9 Å². The van der Waals surface area contributed by atoms with E-state index in [0.717, 1.165) is 5.56 Å². The first-order valence-corrected chi connectivity index (χ1v) is 12.8. The molecule has 3 N–H and O–H groups in total. The molecule has 1 aliphatic rings. The van der Waals surface area contributed by atoms with Crippen LogP contribution in [0.4, 0.5) is 5.69 Å². The SMILES string of the molecule is CC(C)[C@H](NC(=O)CCCCCN1C(=O)C=CC1=O)C(=O)N[C@@H](C)C(=O)Nc1ccc(CBr)cc1. The lowest BCUT2D eigenvalue weighted by Gasteiger charge is -2.24. The molecule has 0 fully saturated rings. The van der Waals surface area contributed by atoms with E-state index in [9.17, 15) is 24.0 Å². The summed E-state index contributed by atoms with van der Waals surface area (Å²) in [6.07, 6.45) is 4.55. The van der Waals surface area contributed by atoms with Crippen molar-refractivity contribution in [2.24, 2.45) is 5.92 Å². The van der Waals surface area contributed by atoms with Gasteiger partial charge in [0.2, 0.25) is 17.7 Å². The van der Waals surface area contributed by atoms with Crippen LogP contribution in [0.2, 0.25) is 0 Å². The van der Waals surface area contributed by atoms with Crippen LogP contribution in [0.5, 0.6) is 0 Å². The Kier molecular flexibility index (Phi) is 11.1. The third-order valence-corrected chi connectivity index (χ3v) is 6.23. The second-order valence-corrected chi connectivity index (χ2v) is 9.37. The molecule has 5 amide bonds. The molecule has 35 heavy (non-hydrogen) atoms. The van der Waals surface area contributed by atoms with Crippen molar-refractivity contribution in [1.29, 1.82) is 0 Å². The maximum absolute atomic E-state index is 12.8. The largest absolute Gasteiger partial charge is 0.344 e. The predicted octanol–water partition coefficient (Wildman–Crippen LogP) is 2.65. The Morgan fingerprint density at radius 1 is 0.886 bits per heavy atom. The molecule has 1 heterocycles. The van der Waals surface area contributed by atoms with Gasteiger partial charge in [-0.15, -0.1) is 0 Å². The summed E-state index contributed by atoms with van der Waals surface area (Å²) < 4.78 is 0. The summed E-state index contributed by atoms with van der Waals surface area (Å²) in [5.41, 5.74) is 1.71. The van der Waals surface area contributed by atoms with E-state index in [4.69, 9.17) is 0 Å². The van der Waals surface area contributed by atoms with Crippen LogP contribution in [-0.4, -0.2) is 53.1 Å².